The third-order valence-electron chi connectivity index (χ3n) is 11.0. The molecule has 1 aliphatic rings. The van der Waals surface area contributed by atoms with Crippen molar-refractivity contribution < 1.29 is 44.0 Å². The number of carboxylic acid groups (broad SMARTS) is 1. The van der Waals surface area contributed by atoms with Crippen molar-refractivity contribution in [1.82, 2.24) is 0 Å². The van der Waals surface area contributed by atoms with Crippen molar-refractivity contribution in [2.75, 3.05) is 13.7 Å². The van der Waals surface area contributed by atoms with E-state index in [2.05, 4.69) is 50.8 Å². The predicted molar refractivity (Wildman–Crippen MR) is 247 cm³/mol. The molecule has 0 aromatic rings. The molecule has 4 unspecified atom stereocenters. The summed E-state index contributed by atoms with van der Waals surface area (Å²) in [6.07, 6.45) is 42.5. The average molecular weight is 847 g/mol. The Morgan fingerprint density at radius 3 is 1.87 bits per heavy atom. The van der Waals surface area contributed by atoms with Gasteiger partial charge in [-0.05, 0) is 76.0 Å². The fraction of sp³-hybridized carbons (Fsp3) is 0.765. The molecule has 1 heterocycles. The Bertz CT molecular complexity index is 1150. The first-order valence-electron chi connectivity index (χ1n) is 24.0. The first kappa shape index (κ1) is 59.1. The third kappa shape index (κ3) is 36.8. The zero-order chi connectivity index (χ0) is 45.1. The number of hydrogen-bond acceptors (Lipinski definition) is 8. The number of aliphatic hydroxyl groups is 2. The van der Waals surface area contributed by atoms with Crippen LogP contribution in [-0.2, 0) is 28.7 Å². The summed E-state index contributed by atoms with van der Waals surface area (Å²) in [5, 5.41) is 25.1. The summed E-state index contributed by atoms with van der Waals surface area (Å²) in [6.45, 7) is 12.3. The fourth-order valence-corrected chi connectivity index (χ4v) is 7.16. The van der Waals surface area contributed by atoms with Crippen LogP contribution < -0.4 is 0 Å². The molecule has 0 saturated carbocycles. The molecule has 60 heavy (non-hydrogen) atoms. The number of ketones is 1. The first-order valence-corrected chi connectivity index (χ1v) is 24.0. The van der Waals surface area contributed by atoms with Crippen molar-refractivity contribution in [1.29, 1.82) is 0 Å². The Labute approximate surface area is 366 Å². The van der Waals surface area contributed by atoms with Gasteiger partial charge in [-0.3, -0.25) is 19.2 Å². The number of cyclic esters (lactones) is 2. The van der Waals surface area contributed by atoms with E-state index in [1.807, 2.05) is 19.9 Å². The number of Topliss-reactive ketones (excluding diaryl/α,β-unsaturated/α-hetero) is 1. The van der Waals surface area contributed by atoms with Crippen molar-refractivity contribution in [3.63, 3.8) is 0 Å². The van der Waals surface area contributed by atoms with Crippen molar-refractivity contribution >= 4 is 23.7 Å². The highest BCUT2D eigenvalue weighted by molar-refractivity contribution is 5.94. The summed E-state index contributed by atoms with van der Waals surface area (Å²) in [5.74, 6) is -0.101. The number of carbonyl (C=O) groups excluding carboxylic acids is 3. The van der Waals surface area contributed by atoms with E-state index in [0.717, 1.165) is 116 Å². The van der Waals surface area contributed by atoms with Gasteiger partial charge in [0.1, 0.15) is 11.9 Å². The minimum atomic E-state index is -0.689. The summed E-state index contributed by atoms with van der Waals surface area (Å²) in [4.78, 5) is 45.4. The second-order valence-corrected chi connectivity index (χ2v) is 16.3. The van der Waals surface area contributed by atoms with Crippen LogP contribution in [0.1, 0.15) is 214 Å². The van der Waals surface area contributed by atoms with E-state index < -0.39 is 11.9 Å². The zero-order valence-electron chi connectivity index (χ0n) is 39.0. The van der Waals surface area contributed by atoms with Crippen LogP contribution in [0.15, 0.2) is 48.8 Å². The molecule has 3 N–H and O–H groups in total. The lowest BCUT2D eigenvalue weighted by molar-refractivity contribution is -0.153. The van der Waals surface area contributed by atoms with Gasteiger partial charge < -0.3 is 24.8 Å². The number of allylic oxidation sites excluding steroid dienone is 7. The molecule has 0 amide bonds. The lowest BCUT2D eigenvalue weighted by Gasteiger charge is -2.16. The maximum atomic E-state index is 11.9. The zero-order valence-corrected chi connectivity index (χ0v) is 39.0. The van der Waals surface area contributed by atoms with Crippen LogP contribution >= 0.6 is 0 Å². The third-order valence-corrected chi connectivity index (χ3v) is 11.0. The van der Waals surface area contributed by atoms with E-state index in [0.29, 0.717) is 18.1 Å². The number of aliphatic carboxylic acids is 1. The van der Waals surface area contributed by atoms with Crippen LogP contribution in [0.25, 0.3) is 0 Å². The maximum absolute atomic E-state index is 11.9. The number of carbonyl (C=O) groups is 4. The quantitative estimate of drug-likeness (QED) is 0.0138. The Morgan fingerprint density at radius 1 is 0.717 bits per heavy atom. The molecule has 1 aliphatic heterocycles. The van der Waals surface area contributed by atoms with E-state index >= 15 is 0 Å². The van der Waals surface area contributed by atoms with Crippen molar-refractivity contribution in [3.05, 3.63) is 48.8 Å². The van der Waals surface area contributed by atoms with Crippen LogP contribution in [0, 0.1) is 17.8 Å². The van der Waals surface area contributed by atoms with Gasteiger partial charge in [0.2, 0.25) is 0 Å². The second-order valence-electron chi connectivity index (χ2n) is 16.3. The van der Waals surface area contributed by atoms with E-state index in [4.69, 9.17) is 24.8 Å². The summed E-state index contributed by atoms with van der Waals surface area (Å²) in [5.41, 5.74) is 0. The van der Waals surface area contributed by atoms with Gasteiger partial charge in [-0.15, -0.1) is 0 Å². The Kier molecular flexibility index (Phi) is 43.3. The highest BCUT2D eigenvalue weighted by Crippen LogP contribution is 2.30. The van der Waals surface area contributed by atoms with Gasteiger partial charge in [-0.25, -0.2) is 0 Å². The van der Waals surface area contributed by atoms with Gasteiger partial charge in [0, 0.05) is 32.8 Å². The van der Waals surface area contributed by atoms with Crippen LogP contribution in [0.3, 0.4) is 0 Å². The van der Waals surface area contributed by atoms with Gasteiger partial charge in [-0.1, -0.05) is 161 Å². The van der Waals surface area contributed by atoms with Crippen molar-refractivity contribution in [3.8, 4) is 0 Å². The average Bonchev–Trinajstić information content (AvgIpc) is 3.59. The number of aliphatic hydroxyl groups excluding tert-OH is 2. The molecule has 4 atom stereocenters. The predicted octanol–water partition coefficient (Wildman–Crippen LogP) is 13.1. The Hall–Kier alpha value is -3.04. The largest absolute Gasteiger partial charge is 0.493 e. The van der Waals surface area contributed by atoms with Gasteiger partial charge in [0.25, 0.3) is 0 Å². The standard InChI is InChI=1S/C26H48O4.C24H38O4.CH4O/c1-4-6-7-8-12-15-18-24(20-21-26(28)29)19-16-13-10-9-11-14-17-23(3)30-25(5-2)22-27;1-3-5-13-16-20(22-19-23(26)28-24(22)27)17-14-11-9-7-6-8-10-12-15-18-21(25)4-2;1-2/h16,19,24-25,27H,3-15,17-18,20-22H2,1-2H3,(H,28,29);9,11,14,17,20,22H,3-8,10,12-13,15-16,18-19H2,1-2H3;2H,1H3/b19-16+;11-9-,17-14+;. The number of carboxylic acids is 1. The molecule has 9 heteroatoms. The topological polar surface area (TPSA) is 147 Å². The molecule has 0 aromatic heterocycles. The Morgan fingerprint density at radius 2 is 1.28 bits per heavy atom. The summed E-state index contributed by atoms with van der Waals surface area (Å²) < 4.78 is 10.4. The highest BCUT2D eigenvalue weighted by Gasteiger charge is 2.37. The lowest BCUT2D eigenvalue weighted by Crippen LogP contribution is -2.17. The van der Waals surface area contributed by atoms with Crippen LogP contribution in [-0.4, -0.2) is 58.8 Å². The van der Waals surface area contributed by atoms with Gasteiger partial charge in [0.15, 0.2) is 0 Å². The summed E-state index contributed by atoms with van der Waals surface area (Å²) in [6, 6.07) is 0. The molecule has 0 bridgehead atoms. The summed E-state index contributed by atoms with van der Waals surface area (Å²) >= 11 is 0. The highest BCUT2D eigenvalue weighted by atomic mass is 16.6. The van der Waals surface area contributed by atoms with Gasteiger partial charge in [-0.2, -0.15) is 0 Å². The van der Waals surface area contributed by atoms with E-state index in [9.17, 15) is 19.2 Å². The van der Waals surface area contributed by atoms with Crippen molar-refractivity contribution in [2.24, 2.45) is 17.8 Å². The lowest BCUT2D eigenvalue weighted by atomic mass is 9.86. The molecule has 1 saturated heterocycles. The molecule has 1 rings (SSSR count). The van der Waals surface area contributed by atoms with Gasteiger partial charge in [0.05, 0.1) is 24.7 Å². The molecule has 0 aromatic carbocycles. The van der Waals surface area contributed by atoms with Crippen LogP contribution in [0.4, 0.5) is 0 Å². The number of hydrogen-bond donors (Lipinski definition) is 3. The molecular formula is C51H90O9. The minimum Gasteiger partial charge on any atom is -0.493 e. The fourth-order valence-electron chi connectivity index (χ4n) is 7.16. The molecule has 0 aliphatic carbocycles. The van der Waals surface area contributed by atoms with E-state index in [-0.39, 0.29) is 43.4 Å². The second kappa shape index (κ2) is 44.0. The minimum absolute atomic E-state index is 0.0498. The normalized spacial score (nSPS) is 15.3. The SMILES string of the molecule is C=C(CCCCCC/C=C/C(CCCCCCCC)CCC(=O)O)OC(CC)CO.CCCCCC(/C=C/C=C\CCCCCCCC(=O)CC)C1CC(=O)OC1=O.CO. The maximum Gasteiger partial charge on any atom is 0.317 e. The smallest absolute Gasteiger partial charge is 0.317 e. The monoisotopic (exact) mass is 847 g/mol. The molecule has 0 radical (unpaired) electrons. The molecule has 9 nitrogen and oxygen atoms in total. The first-order chi connectivity index (χ1) is 29.1. The van der Waals surface area contributed by atoms with Crippen LogP contribution in [0.5, 0.6) is 0 Å². The number of rotatable bonds is 38. The number of ether oxygens (including phenoxy) is 2. The van der Waals surface area contributed by atoms with E-state index in [1.54, 1.807) is 0 Å². The molecular weight excluding hydrogens is 757 g/mol. The van der Waals surface area contributed by atoms with Gasteiger partial charge >= 0.3 is 17.9 Å². The van der Waals surface area contributed by atoms with Crippen LogP contribution in [0.2, 0.25) is 0 Å². The number of esters is 2. The molecule has 348 valence electrons. The number of unbranched alkanes of at least 4 members (excludes halogenated alkanes) is 16. The molecule has 0 spiro atoms. The summed E-state index contributed by atoms with van der Waals surface area (Å²) in [7, 11) is 1.00. The van der Waals surface area contributed by atoms with Crippen molar-refractivity contribution in [2.45, 2.75) is 220 Å². The van der Waals surface area contributed by atoms with E-state index in [1.165, 1.54) is 64.2 Å². The Balaban J connectivity index is 0. The molecule has 1 fully saturated rings.